The Morgan fingerprint density at radius 2 is 1.24 bits per heavy atom. The minimum Gasteiger partial charge on any atom is -0.490 e. The molecule has 0 radical (unpaired) electrons. The fourth-order valence-electron chi connectivity index (χ4n) is 4.86. The number of carbonyl (C=O) groups excluding carboxylic acids is 2. The Hall–Kier alpha value is -4.61. The maximum Gasteiger partial charge on any atom is 0.389 e. The number of aryl methyl sites for hydroxylation is 2. The largest absolute Gasteiger partial charge is 0.490 e. The summed E-state index contributed by atoms with van der Waals surface area (Å²) in [5.41, 5.74) is 5.81. The topological polar surface area (TPSA) is 112 Å². The molecule has 0 aliphatic carbocycles. The Morgan fingerprint density at radius 3 is 1.76 bits per heavy atom. The first-order valence-electron chi connectivity index (χ1n) is 16.1. The first-order valence-corrected chi connectivity index (χ1v) is 16.1. The molecule has 0 saturated heterocycles. The van der Waals surface area contributed by atoms with Crippen LogP contribution in [0.2, 0.25) is 0 Å². The average Bonchev–Trinajstić information content (AvgIpc) is 3.10. The summed E-state index contributed by atoms with van der Waals surface area (Å²) in [4.78, 5) is 23.6. The van der Waals surface area contributed by atoms with E-state index in [0.29, 0.717) is 24.3 Å². The lowest BCUT2D eigenvalue weighted by molar-refractivity contribution is -0.141. The van der Waals surface area contributed by atoms with E-state index < -0.39 is 37.7 Å². The van der Waals surface area contributed by atoms with Gasteiger partial charge in [-0.2, -0.15) is 13.2 Å². The molecule has 0 aliphatic rings. The zero-order valence-corrected chi connectivity index (χ0v) is 27.7. The number of esters is 2. The molecule has 8 nitrogen and oxygen atoms in total. The molecule has 0 spiro atoms. The minimum absolute atomic E-state index is 0.0247. The first-order chi connectivity index (χ1) is 23.4. The van der Waals surface area contributed by atoms with Crippen LogP contribution < -0.4 is 9.47 Å². The third kappa shape index (κ3) is 13.1. The van der Waals surface area contributed by atoms with Gasteiger partial charge in [0.05, 0.1) is 24.4 Å². The van der Waals surface area contributed by atoms with Gasteiger partial charge in [-0.15, -0.1) is 0 Å². The molecule has 0 atom stereocenters. The number of carbonyl (C=O) groups is 2. The summed E-state index contributed by atoms with van der Waals surface area (Å²) < 4.78 is 59.0. The molecule has 3 aromatic rings. The molecular weight excluding hydrogens is 641 g/mol. The summed E-state index contributed by atoms with van der Waals surface area (Å²) in [7, 11) is 0. The Labute approximate surface area is 284 Å². The van der Waals surface area contributed by atoms with Crippen molar-refractivity contribution in [3.8, 4) is 33.8 Å². The van der Waals surface area contributed by atoms with E-state index >= 15 is 0 Å². The third-order valence-electron chi connectivity index (χ3n) is 7.52. The van der Waals surface area contributed by atoms with Crippen LogP contribution in [0, 0.1) is 0 Å². The van der Waals surface area contributed by atoms with Gasteiger partial charge in [0.2, 0.25) is 0 Å². The number of halogens is 3. The van der Waals surface area contributed by atoms with E-state index in [2.05, 4.69) is 26.1 Å². The summed E-state index contributed by atoms with van der Waals surface area (Å²) in [6.45, 7) is 7.81. The molecule has 2 N–H and O–H groups in total. The van der Waals surface area contributed by atoms with E-state index in [0.717, 1.165) is 46.2 Å². The molecule has 0 fully saturated rings. The van der Waals surface area contributed by atoms with Gasteiger partial charge in [0.25, 0.3) is 0 Å². The van der Waals surface area contributed by atoms with Crippen molar-refractivity contribution in [1.29, 1.82) is 0 Å². The van der Waals surface area contributed by atoms with Crippen LogP contribution in [0.1, 0.15) is 43.7 Å². The van der Waals surface area contributed by atoms with Gasteiger partial charge in [-0.25, -0.2) is 9.59 Å². The molecule has 0 heterocycles. The van der Waals surface area contributed by atoms with Crippen LogP contribution in [0.5, 0.6) is 11.5 Å². The number of benzene rings is 3. The van der Waals surface area contributed by atoms with Crippen LogP contribution in [-0.2, 0) is 31.9 Å². The van der Waals surface area contributed by atoms with Crippen LogP contribution in [0.25, 0.3) is 22.3 Å². The highest BCUT2D eigenvalue weighted by Crippen LogP contribution is 2.34. The van der Waals surface area contributed by atoms with Gasteiger partial charge in [0.15, 0.2) is 0 Å². The third-order valence-corrected chi connectivity index (χ3v) is 7.52. The molecule has 0 unspecified atom stereocenters. The van der Waals surface area contributed by atoms with Gasteiger partial charge in [-0.05, 0) is 71.2 Å². The quantitative estimate of drug-likeness (QED) is 0.0731. The van der Waals surface area contributed by atoms with Gasteiger partial charge in [-0.3, -0.25) is 0 Å². The SMILES string of the molecule is C=C(CO)C(=O)OCCOc1cc(OCCOC(=O)C(=C)CO)cc(-c2ccc(-c3ccc(CCCCCC(F)(F)F)cc3)c(CC)c2)c1. The highest BCUT2D eigenvalue weighted by molar-refractivity contribution is 5.88. The van der Waals surface area contributed by atoms with Crippen molar-refractivity contribution in [3.05, 3.63) is 96.1 Å². The number of hydrogen-bond acceptors (Lipinski definition) is 8. The summed E-state index contributed by atoms with van der Waals surface area (Å²) in [6.07, 6.45) is -2.00. The second-order valence-electron chi connectivity index (χ2n) is 11.3. The Kier molecular flexibility index (Phi) is 15.4. The number of unbranched alkanes of at least 4 members (excludes halogenated alkanes) is 2. The van der Waals surface area contributed by atoms with Crippen LogP contribution in [-0.4, -0.2) is 68.0 Å². The van der Waals surface area contributed by atoms with Crippen molar-refractivity contribution in [1.82, 2.24) is 0 Å². The van der Waals surface area contributed by atoms with Gasteiger partial charge in [0, 0.05) is 12.5 Å². The molecular formula is C38H43F3O8. The number of aliphatic hydroxyl groups is 2. The highest BCUT2D eigenvalue weighted by Gasteiger charge is 2.25. The Morgan fingerprint density at radius 1 is 0.694 bits per heavy atom. The summed E-state index contributed by atoms with van der Waals surface area (Å²) in [5.74, 6) is -0.564. The highest BCUT2D eigenvalue weighted by atomic mass is 19.4. The molecule has 264 valence electrons. The summed E-state index contributed by atoms with van der Waals surface area (Å²) >= 11 is 0. The number of ether oxygens (including phenoxy) is 4. The summed E-state index contributed by atoms with van der Waals surface area (Å²) in [6, 6.07) is 19.5. The molecule has 0 aliphatic heterocycles. The molecule has 0 saturated carbocycles. The van der Waals surface area contributed by atoms with Crippen LogP contribution in [0.15, 0.2) is 85.0 Å². The molecule has 0 amide bonds. The van der Waals surface area contributed by atoms with E-state index in [1.54, 1.807) is 6.07 Å². The van der Waals surface area contributed by atoms with Crippen molar-refractivity contribution in [2.75, 3.05) is 39.6 Å². The lowest BCUT2D eigenvalue weighted by Crippen LogP contribution is -2.15. The lowest BCUT2D eigenvalue weighted by atomic mass is 9.92. The number of alkyl halides is 3. The standard InChI is InChI=1S/C38H43F3O8/c1-4-29-20-31(13-14-35(29)30-11-9-28(10-12-30)8-6-5-7-15-38(39,40)41)32-21-33(46-16-18-48-36(44)26(2)24-42)23-34(22-32)47-17-19-49-37(45)27(3)25-43/h9-14,20-23,42-43H,2-8,15-19,24-25H2,1H3. The van der Waals surface area contributed by atoms with E-state index in [4.69, 9.17) is 29.2 Å². The van der Waals surface area contributed by atoms with E-state index in [-0.39, 0.29) is 44.0 Å². The predicted octanol–water partition coefficient (Wildman–Crippen LogP) is 7.19. The number of rotatable bonds is 20. The van der Waals surface area contributed by atoms with Crippen molar-refractivity contribution in [2.24, 2.45) is 0 Å². The van der Waals surface area contributed by atoms with E-state index in [9.17, 15) is 22.8 Å². The molecule has 3 aromatic carbocycles. The van der Waals surface area contributed by atoms with Crippen molar-refractivity contribution in [3.63, 3.8) is 0 Å². The fourth-order valence-corrected chi connectivity index (χ4v) is 4.86. The van der Waals surface area contributed by atoms with Crippen molar-refractivity contribution >= 4 is 11.9 Å². The van der Waals surface area contributed by atoms with Gasteiger partial charge < -0.3 is 29.2 Å². The average molecular weight is 685 g/mol. The monoisotopic (exact) mass is 684 g/mol. The van der Waals surface area contributed by atoms with Gasteiger partial charge in [-0.1, -0.05) is 69.0 Å². The molecule has 0 aromatic heterocycles. The number of aliphatic hydroxyl groups excluding tert-OH is 2. The molecule has 3 rings (SSSR count). The van der Waals surface area contributed by atoms with Gasteiger partial charge >= 0.3 is 18.1 Å². The van der Waals surface area contributed by atoms with Crippen LogP contribution in [0.4, 0.5) is 13.2 Å². The lowest BCUT2D eigenvalue weighted by Gasteiger charge is -2.15. The number of hydrogen-bond donors (Lipinski definition) is 2. The second kappa shape index (κ2) is 19.4. The van der Waals surface area contributed by atoms with E-state index in [1.165, 1.54) is 0 Å². The molecule has 0 bridgehead atoms. The Bertz CT molecular complexity index is 1510. The van der Waals surface area contributed by atoms with E-state index in [1.807, 2.05) is 48.5 Å². The minimum atomic E-state index is -4.10. The Balaban J connectivity index is 1.75. The molecule has 11 heteroatoms. The zero-order valence-electron chi connectivity index (χ0n) is 27.7. The maximum atomic E-state index is 12.4. The smallest absolute Gasteiger partial charge is 0.389 e. The molecule has 49 heavy (non-hydrogen) atoms. The maximum absolute atomic E-state index is 12.4. The van der Waals surface area contributed by atoms with Crippen molar-refractivity contribution < 1.29 is 51.9 Å². The first kappa shape index (κ1) is 38.8. The van der Waals surface area contributed by atoms with Crippen LogP contribution in [0.3, 0.4) is 0 Å². The second-order valence-corrected chi connectivity index (χ2v) is 11.3. The summed E-state index contributed by atoms with van der Waals surface area (Å²) in [5, 5.41) is 18.1. The zero-order chi connectivity index (χ0) is 35.8. The van der Waals surface area contributed by atoms with Crippen molar-refractivity contribution in [2.45, 2.75) is 51.6 Å². The van der Waals surface area contributed by atoms with Gasteiger partial charge in [0.1, 0.15) is 37.9 Å². The fraction of sp³-hybridized carbons (Fsp3) is 0.368. The predicted molar refractivity (Wildman–Crippen MR) is 180 cm³/mol. The van der Waals surface area contributed by atoms with Crippen LogP contribution >= 0.6 is 0 Å². The normalized spacial score (nSPS) is 11.1.